The van der Waals surface area contributed by atoms with Crippen molar-refractivity contribution in [1.82, 2.24) is 20.3 Å². The number of anilines is 1. The van der Waals surface area contributed by atoms with Gasteiger partial charge in [-0.15, -0.1) is 5.10 Å². The highest BCUT2D eigenvalue weighted by Gasteiger charge is 2.14. The molecule has 0 unspecified atom stereocenters. The molecule has 2 aromatic carbocycles. The first-order chi connectivity index (χ1) is 15.0. The molecule has 0 atom stereocenters. The standard InChI is InChI=1S/C22H27N5O4/c1-15-7-5-6-8-17(15)24-22(28)18-14-27(26-25-18)10-9-23-13-16-11-19(29-2)21(31-4)20(12-16)30-3/h5-8,11-12,14,23H,9-10,13H2,1-4H3,(H,24,28). The number of aryl methyl sites for hydroxylation is 1. The second kappa shape index (κ2) is 10.4. The van der Waals surface area contributed by atoms with E-state index in [4.69, 9.17) is 14.2 Å². The number of nitrogens with zero attached hydrogens (tertiary/aromatic N) is 3. The summed E-state index contributed by atoms with van der Waals surface area (Å²) < 4.78 is 17.7. The van der Waals surface area contributed by atoms with Gasteiger partial charge in [-0.1, -0.05) is 23.4 Å². The molecule has 3 rings (SSSR count). The number of aromatic nitrogens is 3. The lowest BCUT2D eigenvalue weighted by Gasteiger charge is -2.14. The first kappa shape index (κ1) is 22.1. The summed E-state index contributed by atoms with van der Waals surface area (Å²) in [5, 5.41) is 14.2. The summed E-state index contributed by atoms with van der Waals surface area (Å²) >= 11 is 0. The predicted molar refractivity (Wildman–Crippen MR) is 117 cm³/mol. The van der Waals surface area contributed by atoms with Gasteiger partial charge < -0.3 is 24.8 Å². The molecule has 0 aliphatic heterocycles. The van der Waals surface area contributed by atoms with E-state index in [1.165, 1.54) is 0 Å². The molecule has 0 bridgehead atoms. The monoisotopic (exact) mass is 425 g/mol. The van der Waals surface area contributed by atoms with Gasteiger partial charge in [0.2, 0.25) is 5.75 Å². The van der Waals surface area contributed by atoms with Crippen LogP contribution in [0.1, 0.15) is 21.6 Å². The van der Waals surface area contributed by atoms with Crippen molar-refractivity contribution in [2.45, 2.75) is 20.0 Å². The number of hydrogen-bond donors (Lipinski definition) is 2. The molecular weight excluding hydrogens is 398 g/mol. The van der Waals surface area contributed by atoms with Gasteiger partial charge in [-0.3, -0.25) is 9.48 Å². The summed E-state index contributed by atoms with van der Waals surface area (Å²) in [6, 6.07) is 11.4. The zero-order valence-electron chi connectivity index (χ0n) is 18.1. The quantitative estimate of drug-likeness (QED) is 0.482. The van der Waals surface area contributed by atoms with Crippen LogP contribution in [-0.2, 0) is 13.1 Å². The average molecular weight is 425 g/mol. The maximum Gasteiger partial charge on any atom is 0.277 e. The summed E-state index contributed by atoms with van der Waals surface area (Å²) in [7, 11) is 4.75. The lowest BCUT2D eigenvalue weighted by molar-refractivity contribution is 0.102. The molecule has 0 fully saturated rings. The van der Waals surface area contributed by atoms with E-state index >= 15 is 0 Å². The Kier molecular flexibility index (Phi) is 7.45. The molecule has 0 aliphatic carbocycles. The van der Waals surface area contributed by atoms with Gasteiger partial charge in [0, 0.05) is 18.8 Å². The van der Waals surface area contributed by atoms with Gasteiger partial charge in [0.15, 0.2) is 17.2 Å². The number of amides is 1. The van der Waals surface area contributed by atoms with Crippen LogP contribution in [0.25, 0.3) is 0 Å². The number of hydrogen-bond acceptors (Lipinski definition) is 7. The van der Waals surface area contributed by atoms with Crippen LogP contribution in [0.5, 0.6) is 17.2 Å². The number of methoxy groups -OCH3 is 3. The molecule has 0 spiro atoms. The molecule has 3 aromatic rings. The Hall–Kier alpha value is -3.59. The molecule has 1 amide bonds. The Morgan fingerprint density at radius 2 is 1.77 bits per heavy atom. The van der Waals surface area contributed by atoms with E-state index in [0.717, 1.165) is 16.8 Å². The molecule has 31 heavy (non-hydrogen) atoms. The summed E-state index contributed by atoms with van der Waals surface area (Å²) in [6.45, 7) is 3.74. The lowest BCUT2D eigenvalue weighted by atomic mass is 10.2. The minimum Gasteiger partial charge on any atom is -0.493 e. The third-order valence-electron chi connectivity index (χ3n) is 4.74. The molecule has 0 aliphatic rings. The Morgan fingerprint density at radius 1 is 1.06 bits per heavy atom. The Labute approximate surface area is 181 Å². The molecule has 164 valence electrons. The van der Waals surface area contributed by atoms with Crippen molar-refractivity contribution in [3.05, 3.63) is 59.4 Å². The number of nitrogens with one attached hydrogen (secondary N) is 2. The predicted octanol–water partition coefficient (Wildman–Crippen LogP) is 2.65. The smallest absolute Gasteiger partial charge is 0.277 e. The molecule has 1 aromatic heterocycles. The van der Waals surface area contributed by atoms with E-state index in [9.17, 15) is 4.79 Å². The van der Waals surface area contributed by atoms with E-state index in [1.807, 2.05) is 43.3 Å². The van der Waals surface area contributed by atoms with Crippen molar-refractivity contribution in [2.24, 2.45) is 0 Å². The largest absolute Gasteiger partial charge is 0.493 e. The number of benzene rings is 2. The Bertz CT molecular complexity index is 1010. The van der Waals surface area contributed by atoms with Crippen LogP contribution in [-0.4, -0.2) is 48.8 Å². The van der Waals surface area contributed by atoms with Crippen LogP contribution in [0.2, 0.25) is 0 Å². The molecule has 1 heterocycles. The second-order valence-electron chi connectivity index (χ2n) is 6.85. The number of para-hydroxylation sites is 1. The second-order valence-corrected chi connectivity index (χ2v) is 6.85. The maximum atomic E-state index is 12.4. The fraction of sp³-hybridized carbons (Fsp3) is 0.318. The van der Waals surface area contributed by atoms with Gasteiger partial charge in [0.1, 0.15) is 0 Å². The average Bonchev–Trinajstić information content (AvgIpc) is 3.26. The van der Waals surface area contributed by atoms with Crippen LogP contribution in [0.3, 0.4) is 0 Å². The topological polar surface area (TPSA) is 99.5 Å². The Balaban J connectivity index is 1.52. The Morgan fingerprint density at radius 3 is 2.42 bits per heavy atom. The number of carbonyl (C=O) groups is 1. The van der Waals surface area contributed by atoms with E-state index in [1.54, 1.807) is 32.2 Å². The number of ether oxygens (including phenoxy) is 3. The van der Waals surface area contributed by atoms with E-state index < -0.39 is 0 Å². The summed E-state index contributed by atoms with van der Waals surface area (Å²) in [5.74, 6) is 1.50. The normalized spacial score (nSPS) is 10.6. The van der Waals surface area contributed by atoms with Crippen LogP contribution in [0.15, 0.2) is 42.6 Å². The van der Waals surface area contributed by atoms with Crippen LogP contribution < -0.4 is 24.8 Å². The van der Waals surface area contributed by atoms with E-state index in [2.05, 4.69) is 20.9 Å². The fourth-order valence-electron chi connectivity index (χ4n) is 3.08. The van der Waals surface area contributed by atoms with Crippen molar-refractivity contribution in [3.8, 4) is 17.2 Å². The molecule has 2 N–H and O–H groups in total. The van der Waals surface area contributed by atoms with Crippen LogP contribution in [0, 0.1) is 6.92 Å². The van der Waals surface area contributed by atoms with Crippen molar-refractivity contribution in [1.29, 1.82) is 0 Å². The molecular formula is C22H27N5O4. The molecule has 9 nitrogen and oxygen atoms in total. The molecule has 0 saturated heterocycles. The zero-order valence-corrected chi connectivity index (χ0v) is 18.1. The number of rotatable bonds is 10. The first-order valence-corrected chi connectivity index (χ1v) is 9.82. The van der Waals surface area contributed by atoms with Crippen molar-refractivity contribution >= 4 is 11.6 Å². The van der Waals surface area contributed by atoms with Crippen LogP contribution >= 0.6 is 0 Å². The first-order valence-electron chi connectivity index (χ1n) is 9.82. The molecule has 9 heteroatoms. The van der Waals surface area contributed by atoms with E-state index in [0.29, 0.717) is 36.9 Å². The fourth-order valence-corrected chi connectivity index (χ4v) is 3.08. The molecule has 0 radical (unpaired) electrons. The highest BCUT2D eigenvalue weighted by molar-refractivity contribution is 6.02. The zero-order chi connectivity index (χ0) is 22.2. The number of carbonyl (C=O) groups excluding carboxylic acids is 1. The van der Waals surface area contributed by atoms with Crippen molar-refractivity contribution in [3.63, 3.8) is 0 Å². The summed E-state index contributed by atoms with van der Waals surface area (Å²) in [6.07, 6.45) is 1.63. The third-order valence-corrected chi connectivity index (χ3v) is 4.74. The van der Waals surface area contributed by atoms with Gasteiger partial charge in [-0.05, 0) is 36.2 Å². The summed E-state index contributed by atoms with van der Waals surface area (Å²) in [4.78, 5) is 12.4. The highest BCUT2D eigenvalue weighted by Crippen LogP contribution is 2.38. The third kappa shape index (κ3) is 5.52. The van der Waals surface area contributed by atoms with Crippen LogP contribution in [0.4, 0.5) is 5.69 Å². The van der Waals surface area contributed by atoms with Gasteiger partial charge in [0.05, 0.1) is 34.1 Å². The van der Waals surface area contributed by atoms with Gasteiger partial charge in [-0.2, -0.15) is 0 Å². The van der Waals surface area contributed by atoms with E-state index in [-0.39, 0.29) is 11.6 Å². The van der Waals surface area contributed by atoms with Gasteiger partial charge >= 0.3 is 0 Å². The van der Waals surface area contributed by atoms with Crippen molar-refractivity contribution in [2.75, 3.05) is 33.2 Å². The SMILES string of the molecule is COc1cc(CNCCn2cc(C(=O)Nc3ccccc3C)nn2)cc(OC)c1OC. The summed E-state index contributed by atoms with van der Waals surface area (Å²) in [5.41, 5.74) is 3.01. The van der Waals surface area contributed by atoms with Crippen molar-refractivity contribution < 1.29 is 19.0 Å². The van der Waals surface area contributed by atoms with Gasteiger partial charge in [-0.25, -0.2) is 0 Å². The maximum absolute atomic E-state index is 12.4. The van der Waals surface area contributed by atoms with Gasteiger partial charge in [0.25, 0.3) is 5.91 Å². The molecule has 0 saturated carbocycles. The minimum atomic E-state index is -0.286. The lowest BCUT2D eigenvalue weighted by Crippen LogP contribution is -2.20. The minimum absolute atomic E-state index is 0.271. The highest BCUT2D eigenvalue weighted by atomic mass is 16.5.